The molecule has 0 saturated heterocycles. The molecule has 1 unspecified atom stereocenters. The van der Waals surface area contributed by atoms with E-state index in [0.717, 1.165) is 5.69 Å². The van der Waals surface area contributed by atoms with Gasteiger partial charge in [0.15, 0.2) is 0 Å². The summed E-state index contributed by atoms with van der Waals surface area (Å²) in [5, 5.41) is 7.29. The van der Waals surface area contributed by atoms with E-state index in [4.69, 9.17) is 9.26 Å². The number of hydrogen-bond donors (Lipinski definition) is 1. The Morgan fingerprint density at radius 2 is 1.90 bits per heavy atom. The van der Waals surface area contributed by atoms with Crippen molar-refractivity contribution in [2.45, 2.75) is 40.3 Å². The smallest absolute Gasteiger partial charge is 0.246 e. The van der Waals surface area contributed by atoms with Gasteiger partial charge in [0.2, 0.25) is 11.7 Å². The zero-order chi connectivity index (χ0) is 15.5. The number of ether oxygens (including phenoxy) is 1. The van der Waals surface area contributed by atoms with E-state index in [-0.39, 0.29) is 11.5 Å². The third kappa shape index (κ3) is 4.04. The molecule has 0 aliphatic rings. The summed E-state index contributed by atoms with van der Waals surface area (Å²) in [5.74, 6) is 1.14. The molecular weight excluding hydrogens is 266 g/mol. The van der Waals surface area contributed by atoms with Crippen molar-refractivity contribution in [1.82, 2.24) is 10.1 Å². The maximum Gasteiger partial charge on any atom is 0.246 e. The molecule has 0 radical (unpaired) electrons. The first kappa shape index (κ1) is 15.5. The number of anilines is 1. The lowest BCUT2D eigenvalue weighted by Gasteiger charge is -2.26. The predicted octanol–water partition coefficient (Wildman–Crippen LogP) is 3.72. The van der Waals surface area contributed by atoms with Crippen molar-refractivity contribution in [3.8, 4) is 0 Å². The molecule has 1 heterocycles. The molecule has 1 aromatic heterocycles. The topological polar surface area (TPSA) is 60.2 Å². The van der Waals surface area contributed by atoms with Gasteiger partial charge in [0, 0.05) is 12.8 Å². The first-order valence-corrected chi connectivity index (χ1v) is 7.06. The van der Waals surface area contributed by atoms with E-state index < -0.39 is 0 Å². The van der Waals surface area contributed by atoms with Gasteiger partial charge in [-0.25, -0.2) is 0 Å². The van der Waals surface area contributed by atoms with Crippen LogP contribution in [0, 0.1) is 12.3 Å². The molecule has 0 bridgehead atoms. The number of rotatable bonds is 5. The summed E-state index contributed by atoms with van der Waals surface area (Å²) in [5.41, 5.74) is 2.17. The molecule has 1 aromatic carbocycles. The Balaban J connectivity index is 2.01. The van der Waals surface area contributed by atoms with E-state index in [2.05, 4.69) is 55.3 Å². The maximum atomic E-state index is 5.48. The number of benzene rings is 1. The van der Waals surface area contributed by atoms with Crippen LogP contribution in [0.2, 0.25) is 0 Å². The van der Waals surface area contributed by atoms with Crippen LogP contribution in [0.1, 0.15) is 44.2 Å². The minimum atomic E-state index is -0.186. The van der Waals surface area contributed by atoms with Gasteiger partial charge in [-0.1, -0.05) is 43.6 Å². The molecule has 0 amide bonds. The van der Waals surface area contributed by atoms with Crippen LogP contribution in [0.3, 0.4) is 0 Å². The summed E-state index contributed by atoms with van der Waals surface area (Å²) in [7, 11) is 1.66. The number of nitrogens with one attached hydrogen (secondary N) is 1. The Hall–Kier alpha value is -1.88. The molecule has 0 aliphatic heterocycles. The second-order valence-electron chi connectivity index (χ2n) is 6.25. The van der Waals surface area contributed by atoms with Crippen molar-refractivity contribution in [2.75, 3.05) is 12.4 Å². The highest BCUT2D eigenvalue weighted by Gasteiger charge is 2.30. The van der Waals surface area contributed by atoms with Crippen LogP contribution in [0.25, 0.3) is 0 Å². The van der Waals surface area contributed by atoms with Gasteiger partial charge in [0.25, 0.3) is 0 Å². The van der Waals surface area contributed by atoms with Crippen LogP contribution < -0.4 is 5.32 Å². The van der Waals surface area contributed by atoms with Crippen molar-refractivity contribution < 1.29 is 9.26 Å². The number of methoxy groups -OCH3 is 1. The van der Waals surface area contributed by atoms with Crippen LogP contribution in [-0.2, 0) is 11.3 Å². The average Bonchev–Trinajstić information content (AvgIpc) is 2.86. The van der Waals surface area contributed by atoms with Crippen LogP contribution in [0.15, 0.2) is 28.8 Å². The Bertz CT molecular complexity index is 570. The molecule has 21 heavy (non-hydrogen) atoms. The second kappa shape index (κ2) is 6.26. The van der Waals surface area contributed by atoms with E-state index in [0.29, 0.717) is 18.3 Å². The van der Waals surface area contributed by atoms with Crippen LogP contribution in [-0.4, -0.2) is 17.3 Å². The SMILES string of the molecule is COC(c1noc(CNc2ccc(C)cc2)n1)C(C)(C)C. The predicted molar refractivity (Wildman–Crippen MR) is 82.0 cm³/mol. The van der Waals surface area contributed by atoms with Gasteiger partial charge in [-0.2, -0.15) is 4.98 Å². The monoisotopic (exact) mass is 289 g/mol. The first-order chi connectivity index (χ1) is 9.90. The van der Waals surface area contributed by atoms with Gasteiger partial charge >= 0.3 is 0 Å². The number of nitrogens with zero attached hydrogens (tertiary/aromatic N) is 2. The van der Waals surface area contributed by atoms with Gasteiger partial charge in [-0.15, -0.1) is 0 Å². The molecule has 0 aliphatic carbocycles. The standard InChI is InChI=1S/C16H23N3O2/c1-11-6-8-12(9-7-11)17-10-13-18-15(19-21-13)14(20-5)16(2,3)4/h6-9,14,17H,10H2,1-5H3. The first-order valence-electron chi connectivity index (χ1n) is 7.06. The fraction of sp³-hybridized carbons (Fsp3) is 0.500. The molecule has 114 valence electrons. The summed E-state index contributed by atoms with van der Waals surface area (Å²) < 4.78 is 10.8. The largest absolute Gasteiger partial charge is 0.376 e. The average molecular weight is 289 g/mol. The minimum absolute atomic E-state index is 0.0831. The van der Waals surface area contributed by atoms with Gasteiger partial charge < -0.3 is 14.6 Å². The highest BCUT2D eigenvalue weighted by atomic mass is 16.5. The Morgan fingerprint density at radius 3 is 2.48 bits per heavy atom. The molecule has 2 rings (SSSR count). The molecule has 0 spiro atoms. The Morgan fingerprint density at radius 1 is 1.24 bits per heavy atom. The van der Waals surface area contributed by atoms with Gasteiger partial charge in [-0.3, -0.25) is 0 Å². The molecule has 5 heteroatoms. The Labute approximate surface area is 125 Å². The molecule has 1 atom stereocenters. The van der Waals surface area contributed by atoms with Crippen molar-refractivity contribution in [3.05, 3.63) is 41.5 Å². The van der Waals surface area contributed by atoms with E-state index in [1.165, 1.54) is 5.56 Å². The summed E-state index contributed by atoms with van der Waals surface area (Å²) in [6.07, 6.45) is -0.186. The quantitative estimate of drug-likeness (QED) is 0.909. The van der Waals surface area contributed by atoms with E-state index in [1.807, 2.05) is 12.1 Å². The number of aryl methyl sites for hydroxylation is 1. The van der Waals surface area contributed by atoms with Crippen LogP contribution in [0.4, 0.5) is 5.69 Å². The van der Waals surface area contributed by atoms with Crippen molar-refractivity contribution in [2.24, 2.45) is 5.41 Å². The normalized spacial score (nSPS) is 13.2. The lowest BCUT2D eigenvalue weighted by molar-refractivity contribution is 0.00718. The fourth-order valence-electron chi connectivity index (χ4n) is 2.14. The lowest BCUT2D eigenvalue weighted by Crippen LogP contribution is -2.21. The summed E-state index contributed by atoms with van der Waals surface area (Å²) in [6.45, 7) is 8.81. The molecule has 5 nitrogen and oxygen atoms in total. The maximum absolute atomic E-state index is 5.48. The van der Waals surface area contributed by atoms with Crippen molar-refractivity contribution in [3.63, 3.8) is 0 Å². The molecular formula is C16H23N3O2. The van der Waals surface area contributed by atoms with E-state index in [9.17, 15) is 0 Å². The third-order valence-electron chi connectivity index (χ3n) is 3.24. The zero-order valence-corrected chi connectivity index (χ0v) is 13.3. The number of hydrogen-bond acceptors (Lipinski definition) is 5. The molecule has 2 aromatic rings. The van der Waals surface area contributed by atoms with E-state index in [1.54, 1.807) is 7.11 Å². The van der Waals surface area contributed by atoms with Gasteiger partial charge in [-0.05, 0) is 24.5 Å². The minimum Gasteiger partial charge on any atom is -0.376 e. The summed E-state index contributed by atoms with van der Waals surface area (Å²) in [4.78, 5) is 4.42. The third-order valence-corrected chi connectivity index (χ3v) is 3.24. The van der Waals surface area contributed by atoms with Crippen LogP contribution in [0.5, 0.6) is 0 Å². The fourth-order valence-corrected chi connectivity index (χ4v) is 2.14. The number of aromatic nitrogens is 2. The molecule has 1 N–H and O–H groups in total. The van der Waals surface area contributed by atoms with Crippen LogP contribution >= 0.6 is 0 Å². The highest BCUT2D eigenvalue weighted by molar-refractivity contribution is 5.44. The molecule has 0 fully saturated rings. The van der Waals surface area contributed by atoms with Gasteiger partial charge in [0.1, 0.15) is 6.10 Å². The van der Waals surface area contributed by atoms with Crippen molar-refractivity contribution in [1.29, 1.82) is 0 Å². The second-order valence-corrected chi connectivity index (χ2v) is 6.25. The zero-order valence-electron chi connectivity index (χ0n) is 13.3. The van der Waals surface area contributed by atoms with Gasteiger partial charge in [0.05, 0.1) is 6.54 Å². The molecule has 0 saturated carbocycles. The lowest BCUT2D eigenvalue weighted by atomic mass is 9.88. The van der Waals surface area contributed by atoms with Crippen molar-refractivity contribution >= 4 is 5.69 Å². The van der Waals surface area contributed by atoms with E-state index >= 15 is 0 Å². The summed E-state index contributed by atoms with van der Waals surface area (Å²) >= 11 is 0. The Kier molecular flexibility index (Phi) is 4.63. The highest BCUT2D eigenvalue weighted by Crippen LogP contribution is 2.33. The summed E-state index contributed by atoms with van der Waals surface area (Å²) in [6, 6.07) is 8.17.